The first-order valence-electron chi connectivity index (χ1n) is 5.57. The normalized spacial score (nSPS) is 12.0. The van der Waals surface area contributed by atoms with Crippen LogP contribution in [0.1, 0.15) is 35.5 Å². The molecule has 1 heterocycles. The van der Waals surface area contributed by atoms with Gasteiger partial charge in [0.15, 0.2) is 0 Å². The van der Waals surface area contributed by atoms with Gasteiger partial charge in [-0.15, -0.1) is 11.3 Å². The van der Waals surface area contributed by atoms with E-state index in [2.05, 4.69) is 4.72 Å². The summed E-state index contributed by atoms with van der Waals surface area (Å²) >= 11 is 0.783. The Morgan fingerprint density at radius 2 is 2.11 bits per heavy atom. The van der Waals surface area contributed by atoms with Crippen LogP contribution in [0.25, 0.3) is 0 Å². The molecule has 0 aromatic carbocycles. The first kappa shape index (κ1) is 15.1. The second kappa shape index (κ2) is 5.81. The van der Waals surface area contributed by atoms with Crippen molar-refractivity contribution >= 4 is 27.3 Å². The van der Waals surface area contributed by atoms with Crippen LogP contribution in [-0.2, 0) is 10.0 Å². The number of carboxylic acid groups (broad SMARTS) is 1. The number of nitrogens with one attached hydrogen (secondary N) is 1. The molecule has 1 rings (SSSR count). The monoisotopic (exact) mass is 291 g/mol. The number of aromatic carboxylic acids is 1. The Morgan fingerprint density at radius 3 is 2.56 bits per heavy atom. The highest BCUT2D eigenvalue weighted by molar-refractivity contribution is 7.91. The predicted octanol–water partition coefficient (Wildman–Crippen LogP) is 2.08. The van der Waals surface area contributed by atoms with Crippen LogP contribution in [-0.4, -0.2) is 26.0 Å². The smallest absolute Gasteiger partial charge is 0.346 e. The highest BCUT2D eigenvalue weighted by Crippen LogP contribution is 2.25. The van der Waals surface area contributed by atoms with E-state index in [9.17, 15) is 13.2 Å². The Hall–Kier alpha value is -0.920. The SMILES string of the molecule is Cc1cc(S(=O)(=O)NCCC(C)C)sc1C(=O)O. The van der Waals surface area contributed by atoms with Crippen LogP contribution in [0.2, 0.25) is 0 Å². The molecular formula is C11H17NO4S2. The maximum atomic E-state index is 11.9. The summed E-state index contributed by atoms with van der Waals surface area (Å²) in [4.78, 5) is 10.9. The van der Waals surface area contributed by atoms with Crippen molar-refractivity contribution in [2.24, 2.45) is 5.92 Å². The van der Waals surface area contributed by atoms with Crippen molar-refractivity contribution in [3.8, 4) is 0 Å². The van der Waals surface area contributed by atoms with Gasteiger partial charge in [-0.25, -0.2) is 17.9 Å². The van der Waals surface area contributed by atoms with Crippen LogP contribution in [0, 0.1) is 12.8 Å². The summed E-state index contributed by atoms with van der Waals surface area (Å²) in [5.41, 5.74) is 0.469. The van der Waals surface area contributed by atoms with E-state index >= 15 is 0 Å². The van der Waals surface area contributed by atoms with Crippen molar-refractivity contribution in [2.45, 2.75) is 31.4 Å². The largest absolute Gasteiger partial charge is 0.477 e. The Morgan fingerprint density at radius 1 is 1.50 bits per heavy atom. The van der Waals surface area contributed by atoms with Crippen LogP contribution < -0.4 is 4.72 Å². The van der Waals surface area contributed by atoms with Gasteiger partial charge in [0, 0.05) is 6.54 Å². The second-order valence-electron chi connectivity index (χ2n) is 4.46. The van der Waals surface area contributed by atoms with E-state index in [0.29, 0.717) is 18.0 Å². The van der Waals surface area contributed by atoms with Crippen LogP contribution in [0.15, 0.2) is 10.3 Å². The number of thiophene rings is 1. The van der Waals surface area contributed by atoms with Gasteiger partial charge in [-0.2, -0.15) is 0 Å². The van der Waals surface area contributed by atoms with Crippen molar-refractivity contribution in [2.75, 3.05) is 6.54 Å². The molecular weight excluding hydrogens is 274 g/mol. The number of sulfonamides is 1. The maximum absolute atomic E-state index is 11.9. The molecule has 0 saturated heterocycles. The molecule has 0 amide bonds. The molecule has 0 aliphatic heterocycles. The summed E-state index contributed by atoms with van der Waals surface area (Å²) in [5, 5.41) is 8.89. The van der Waals surface area contributed by atoms with E-state index in [4.69, 9.17) is 5.11 Å². The Bertz CT molecular complexity index is 531. The quantitative estimate of drug-likeness (QED) is 0.840. The zero-order chi connectivity index (χ0) is 13.9. The lowest BCUT2D eigenvalue weighted by molar-refractivity contribution is 0.0701. The molecule has 0 saturated carbocycles. The van der Waals surface area contributed by atoms with Crippen LogP contribution in [0.3, 0.4) is 0 Å². The Balaban J connectivity index is 2.85. The summed E-state index contributed by atoms with van der Waals surface area (Å²) < 4.78 is 26.3. The third-order valence-electron chi connectivity index (χ3n) is 2.37. The summed E-state index contributed by atoms with van der Waals surface area (Å²) in [7, 11) is -3.59. The first-order chi connectivity index (χ1) is 8.24. The average Bonchev–Trinajstić information content (AvgIpc) is 2.60. The first-order valence-corrected chi connectivity index (χ1v) is 7.87. The van der Waals surface area contributed by atoms with Gasteiger partial charge in [0.1, 0.15) is 9.09 Å². The Labute approximate surface area is 111 Å². The minimum atomic E-state index is -3.59. The highest BCUT2D eigenvalue weighted by Gasteiger charge is 2.21. The summed E-state index contributed by atoms with van der Waals surface area (Å²) in [6.45, 7) is 5.96. The van der Waals surface area contributed by atoms with Crippen LogP contribution >= 0.6 is 11.3 Å². The molecule has 5 nitrogen and oxygen atoms in total. The lowest BCUT2D eigenvalue weighted by atomic mass is 10.1. The molecule has 2 N–H and O–H groups in total. The van der Waals surface area contributed by atoms with Gasteiger partial charge in [0.2, 0.25) is 10.0 Å². The van der Waals surface area contributed by atoms with Gasteiger partial charge in [-0.3, -0.25) is 0 Å². The van der Waals surface area contributed by atoms with E-state index in [0.717, 1.165) is 17.8 Å². The number of carbonyl (C=O) groups is 1. The van der Waals surface area contributed by atoms with Gasteiger partial charge < -0.3 is 5.11 Å². The molecule has 0 spiro atoms. The van der Waals surface area contributed by atoms with Gasteiger partial charge >= 0.3 is 5.97 Å². The molecule has 0 atom stereocenters. The standard InChI is InChI=1S/C11H17NO4S2/c1-7(2)4-5-12-18(15,16)9-6-8(3)10(17-9)11(13)14/h6-7,12H,4-5H2,1-3H3,(H,13,14). The van der Waals surface area contributed by atoms with Crippen molar-refractivity contribution in [1.29, 1.82) is 0 Å². The summed E-state index contributed by atoms with van der Waals surface area (Å²) in [6.07, 6.45) is 0.745. The molecule has 0 unspecified atom stereocenters. The van der Waals surface area contributed by atoms with Crippen molar-refractivity contribution in [3.05, 3.63) is 16.5 Å². The van der Waals surface area contributed by atoms with Crippen LogP contribution in [0.5, 0.6) is 0 Å². The predicted molar refractivity (Wildman–Crippen MR) is 70.7 cm³/mol. The van der Waals surface area contributed by atoms with Gasteiger partial charge in [-0.05, 0) is 30.9 Å². The fourth-order valence-corrected chi connectivity index (χ4v) is 3.82. The minimum Gasteiger partial charge on any atom is -0.477 e. The molecule has 0 fully saturated rings. The lowest BCUT2D eigenvalue weighted by Crippen LogP contribution is -2.24. The Kier molecular flexibility index (Phi) is 4.89. The molecule has 7 heteroatoms. The van der Waals surface area contributed by atoms with Crippen molar-refractivity contribution in [1.82, 2.24) is 4.72 Å². The molecule has 1 aromatic heterocycles. The van der Waals surface area contributed by atoms with E-state index in [1.807, 2.05) is 13.8 Å². The van der Waals surface area contributed by atoms with Crippen LogP contribution in [0.4, 0.5) is 0 Å². The number of hydrogen-bond donors (Lipinski definition) is 2. The summed E-state index contributed by atoms with van der Waals surface area (Å²) in [6, 6.07) is 1.39. The molecule has 0 aliphatic rings. The summed E-state index contributed by atoms with van der Waals surface area (Å²) in [5.74, 6) is -0.687. The van der Waals surface area contributed by atoms with Gasteiger partial charge in [0.25, 0.3) is 0 Å². The average molecular weight is 291 g/mol. The number of aryl methyl sites for hydroxylation is 1. The van der Waals surface area contributed by atoms with E-state index < -0.39 is 16.0 Å². The zero-order valence-corrected chi connectivity index (χ0v) is 12.2. The number of rotatable bonds is 6. The molecule has 0 bridgehead atoms. The molecule has 18 heavy (non-hydrogen) atoms. The fourth-order valence-electron chi connectivity index (χ4n) is 1.35. The third-order valence-corrected chi connectivity index (χ3v) is 5.53. The third kappa shape index (κ3) is 3.79. The second-order valence-corrected chi connectivity index (χ2v) is 7.51. The van der Waals surface area contributed by atoms with E-state index in [1.54, 1.807) is 6.92 Å². The molecule has 1 aromatic rings. The molecule has 0 aliphatic carbocycles. The zero-order valence-electron chi connectivity index (χ0n) is 10.6. The van der Waals surface area contributed by atoms with E-state index in [-0.39, 0.29) is 9.09 Å². The van der Waals surface area contributed by atoms with Gasteiger partial charge in [0.05, 0.1) is 0 Å². The molecule has 102 valence electrons. The number of hydrogen-bond acceptors (Lipinski definition) is 4. The van der Waals surface area contributed by atoms with Crippen molar-refractivity contribution < 1.29 is 18.3 Å². The maximum Gasteiger partial charge on any atom is 0.346 e. The molecule has 0 radical (unpaired) electrons. The van der Waals surface area contributed by atoms with Gasteiger partial charge in [-0.1, -0.05) is 13.8 Å². The van der Waals surface area contributed by atoms with E-state index in [1.165, 1.54) is 6.07 Å². The fraction of sp³-hybridized carbons (Fsp3) is 0.545. The minimum absolute atomic E-state index is 0.0566. The van der Waals surface area contributed by atoms with Crippen molar-refractivity contribution in [3.63, 3.8) is 0 Å². The lowest BCUT2D eigenvalue weighted by Gasteiger charge is -2.06. The highest BCUT2D eigenvalue weighted by atomic mass is 32.2. The number of carboxylic acids is 1. The topological polar surface area (TPSA) is 83.5 Å².